The van der Waals surface area contributed by atoms with Gasteiger partial charge in [-0.05, 0) is 56.2 Å². The number of piperidine rings is 1. The first kappa shape index (κ1) is 18.3. The highest BCUT2D eigenvalue weighted by Gasteiger charge is 2.37. The van der Waals surface area contributed by atoms with Gasteiger partial charge in [-0.3, -0.25) is 4.79 Å². The molecule has 23 heavy (non-hydrogen) atoms. The minimum absolute atomic E-state index is 0. The van der Waals surface area contributed by atoms with Gasteiger partial charge in [-0.2, -0.15) is 0 Å². The van der Waals surface area contributed by atoms with Crippen LogP contribution in [0.5, 0.6) is 0 Å². The van der Waals surface area contributed by atoms with E-state index in [-0.39, 0.29) is 18.3 Å². The summed E-state index contributed by atoms with van der Waals surface area (Å²) in [5.74, 6) is 0.669. The van der Waals surface area contributed by atoms with Gasteiger partial charge < -0.3 is 10.2 Å². The standard InChI is InChI=1S/C19H28N2O.ClH/c1-19(10-7-16-5-3-2-4-6-16)11-14-21(15-19)18(22)17-8-12-20-13-9-17;/h2-6,17,20H,7-15H2,1H3;1H. The minimum Gasteiger partial charge on any atom is -0.342 e. The minimum atomic E-state index is 0. The molecule has 1 aromatic rings. The van der Waals surface area contributed by atoms with Crippen LogP contribution in [0.1, 0.15) is 38.2 Å². The molecule has 0 bridgehead atoms. The van der Waals surface area contributed by atoms with Crippen molar-refractivity contribution in [2.75, 3.05) is 26.2 Å². The number of hydrogen-bond donors (Lipinski definition) is 1. The summed E-state index contributed by atoms with van der Waals surface area (Å²) in [6.07, 6.45) is 5.46. The predicted molar refractivity (Wildman–Crippen MR) is 96.9 cm³/mol. The molecule has 3 nitrogen and oxygen atoms in total. The SMILES string of the molecule is CC1(CCc2ccccc2)CCN(C(=O)C2CCNCC2)C1.Cl. The van der Waals surface area contributed by atoms with Crippen LogP contribution >= 0.6 is 12.4 Å². The maximum absolute atomic E-state index is 12.7. The lowest BCUT2D eigenvalue weighted by molar-refractivity contribution is -0.135. The van der Waals surface area contributed by atoms with Crippen molar-refractivity contribution >= 4 is 18.3 Å². The number of amides is 1. The summed E-state index contributed by atoms with van der Waals surface area (Å²) in [6, 6.07) is 10.7. The maximum Gasteiger partial charge on any atom is 0.225 e. The molecule has 1 amide bonds. The third-order valence-corrected chi connectivity index (χ3v) is 5.42. The Balaban J connectivity index is 0.00000192. The number of rotatable bonds is 4. The number of nitrogens with one attached hydrogen (secondary N) is 1. The zero-order chi connectivity index (χ0) is 15.4. The van der Waals surface area contributed by atoms with E-state index in [1.165, 1.54) is 12.0 Å². The first-order valence-electron chi connectivity index (χ1n) is 8.70. The second-order valence-electron chi connectivity index (χ2n) is 7.33. The molecule has 0 aliphatic carbocycles. The third-order valence-electron chi connectivity index (χ3n) is 5.42. The van der Waals surface area contributed by atoms with E-state index in [2.05, 4.69) is 47.5 Å². The van der Waals surface area contributed by atoms with Crippen molar-refractivity contribution in [1.82, 2.24) is 10.2 Å². The molecule has 1 atom stereocenters. The Kier molecular flexibility index (Phi) is 6.49. The maximum atomic E-state index is 12.7. The number of aryl methyl sites for hydroxylation is 1. The first-order valence-corrected chi connectivity index (χ1v) is 8.70. The van der Waals surface area contributed by atoms with Gasteiger partial charge in [0.2, 0.25) is 5.91 Å². The molecule has 0 saturated carbocycles. The molecule has 2 saturated heterocycles. The van der Waals surface area contributed by atoms with E-state index < -0.39 is 0 Å². The van der Waals surface area contributed by atoms with Gasteiger partial charge in [0.05, 0.1) is 0 Å². The first-order chi connectivity index (χ1) is 10.7. The highest BCUT2D eigenvalue weighted by atomic mass is 35.5. The van der Waals surface area contributed by atoms with Gasteiger partial charge in [0.15, 0.2) is 0 Å². The fraction of sp³-hybridized carbons (Fsp3) is 0.632. The van der Waals surface area contributed by atoms with Crippen LogP contribution in [0.2, 0.25) is 0 Å². The molecule has 0 spiro atoms. The van der Waals surface area contributed by atoms with E-state index in [4.69, 9.17) is 0 Å². The van der Waals surface area contributed by atoms with Crippen LogP contribution in [0.4, 0.5) is 0 Å². The molecule has 0 aromatic heterocycles. The second kappa shape index (κ2) is 8.16. The fourth-order valence-corrected chi connectivity index (χ4v) is 3.83. The topological polar surface area (TPSA) is 32.3 Å². The molecule has 128 valence electrons. The number of halogens is 1. The summed E-state index contributed by atoms with van der Waals surface area (Å²) < 4.78 is 0. The van der Waals surface area contributed by atoms with E-state index >= 15 is 0 Å². The number of nitrogens with zero attached hydrogens (tertiary/aromatic N) is 1. The van der Waals surface area contributed by atoms with Crippen LogP contribution in [0, 0.1) is 11.3 Å². The van der Waals surface area contributed by atoms with Crippen molar-refractivity contribution in [3.63, 3.8) is 0 Å². The molecule has 1 N–H and O–H groups in total. The summed E-state index contributed by atoms with van der Waals surface area (Å²) in [6.45, 7) is 6.24. The fourth-order valence-electron chi connectivity index (χ4n) is 3.83. The summed E-state index contributed by atoms with van der Waals surface area (Å²) in [4.78, 5) is 14.8. The van der Waals surface area contributed by atoms with E-state index in [0.717, 1.165) is 51.9 Å². The van der Waals surface area contributed by atoms with Gasteiger partial charge in [0.25, 0.3) is 0 Å². The van der Waals surface area contributed by atoms with Crippen LogP contribution in [0.15, 0.2) is 30.3 Å². The molecule has 2 aliphatic rings. The van der Waals surface area contributed by atoms with Crippen molar-refractivity contribution in [1.29, 1.82) is 0 Å². The van der Waals surface area contributed by atoms with Gasteiger partial charge in [-0.25, -0.2) is 0 Å². The van der Waals surface area contributed by atoms with Crippen LogP contribution in [0.3, 0.4) is 0 Å². The van der Waals surface area contributed by atoms with Crippen LogP contribution in [0.25, 0.3) is 0 Å². The molecular weight excluding hydrogens is 308 g/mol. The van der Waals surface area contributed by atoms with Gasteiger partial charge in [0, 0.05) is 19.0 Å². The average Bonchev–Trinajstić information content (AvgIpc) is 2.97. The Morgan fingerprint density at radius 3 is 2.65 bits per heavy atom. The van der Waals surface area contributed by atoms with Crippen LogP contribution in [-0.4, -0.2) is 37.0 Å². The van der Waals surface area contributed by atoms with E-state index in [0.29, 0.717) is 11.3 Å². The largest absolute Gasteiger partial charge is 0.342 e. The van der Waals surface area contributed by atoms with Crippen LogP contribution < -0.4 is 5.32 Å². The summed E-state index contributed by atoms with van der Waals surface area (Å²) in [7, 11) is 0. The molecule has 2 heterocycles. The van der Waals surface area contributed by atoms with E-state index in [1.54, 1.807) is 0 Å². The Morgan fingerprint density at radius 2 is 1.96 bits per heavy atom. The quantitative estimate of drug-likeness (QED) is 0.915. The highest BCUT2D eigenvalue weighted by Crippen LogP contribution is 2.35. The third kappa shape index (κ3) is 4.71. The van der Waals surface area contributed by atoms with Crippen LogP contribution in [-0.2, 0) is 11.2 Å². The number of carbonyl (C=O) groups excluding carboxylic acids is 1. The Bertz CT molecular complexity index is 501. The summed E-state index contributed by atoms with van der Waals surface area (Å²) >= 11 is 0. The molecule has 4 heteroatoms. The number of benzene rings is 1. The van der Waals surface area contributed by atoms with Gasteiger partial charge >= 0.3 is 0 Å². The Labute approximate surface area is 146 Å². The van der Waals surface area contributed by atoms with Gasteiger partial charge in [-0.15, -0.1) is 12.4 Å². The summed E-state index contributed by atoms with van der Waals surface area (Å²) in [5, 5.41) is 3.34. The lowest BCUT2D eigenvalue weighted by Crippen LogP contribution is -2.40. The summed E-state index contributed by atoms with van der Waals surface area (Å²) in [5.41, 5.74) is 1.70. The van der Waals surface area contributed by atoms with Crippen molar-refractivity contribution in [3.8, 4) is 0 Å². The normalized spacial score (nSPS) is 25.2. The Morgan fingerprint density at radius 1 is 1.26 bits per heavy atom. The molecule has 3 rings (SSSR count). The van der Waals surface area contributed by atoms with Crippen molar-refractivity contribution < 1.29 is 4.79 Å². The molecule has 1 unspecified atom stereocenters. The number of likely N-dealkylation sites (tertiary alicyclic amines) is 1. The predicted octanol–water partition coefficient (Wildman–Crippen LogP) is 3.28. The lowest BCUT2D eigenvalue weighted by atomic mass is 9.83. The number of hydrogen-bond acceptors (Lipinski definition) is 2. The van der Waals surface area contributed by atoms with Crippen molar-refractivity contribution in [2.24, 2.45) is 11.3 Å². The van der Waals surface area contributed by atoms with E-state index in [1.807, 2.05) is 0 Å². The zero-order valence-corrected chi connectivity index (χ0v) is 14.9. The average molecular weight is 337 g/mol. The van der Waals surface area contributed by atoms with Gasteiger partial charge in [-0.1, -0.05) is 37.3 Å². The highest BCUT2D eigenvalue weighted by molar-refractivity contribution is 5.85. The molecule has 2 fully saturated rings. The van der Waals surface area contributed by atoms with Crippen molar-refractivity contribution in [3.05, 3.63) is 35.9 Å². The lowest BCUT2D eigenvalue weighted by Gasteiger charge is -2.29. The molecular formula is C19H29ClN2O. The van der Waals surface area contributed by atoms with Crippen molar-refractivity contribution in [2.45, 2.75) is 39.0 Å². The molecule has 1 aromatic carbocycles. The second-order valence-corrected chi connectivity index (χ2v) is 7.33. The molecule has 2 aliphatic heterocycles. The monoisotopic (exact) mass is 336 g/mol. The Hall–Kier alpha value is -1.06. The smallest absolute Gasteiger partial charge is 0.225 e. The van der Waals surface area contributed by atoms with E-state index in [9.17, 15) is 4.79 Å². The molecule has 0 radical (unpaired) electrons. The zero-order valence-electron chi connectivity index (χ0n) is 14.1. The number of carbonyl (C=O) groups is 1. The van der Waals surface area contributed by atoms with Gasteiger partial charge in [0.1, 0.15) is 0 Å².